The van der Waals surface area contributed by atoms with Crippen LogP contribution in [0.4, 0.5) is 0 Å². The Kier molecular flexibility index (Phi) is 6.46. The van der Waals surface area contributed by atoms with Crippen molar-refractivity contribution in [3.05, 3.63) is 28.8 Å². The Morgan fingerprint density at radius 1 is 1.22 bits per heavy atom. The number of amides is 1. The van der Waals surface area contributed by atoms with Crippen molar-refractivity contribution in [1.29, 1.82) is 0 Å². The summed E-state index contributed by atoms with van der Waals surface area (Å²) in [7, 11) is 0. The van der Waals surface area contributed by atoms with Gasteiger partial charge in [0.05, 0.1) is 0 Å². The quantitative estimate of drug-likeness (QED) is 0.877. The maximum absolute atomic E-state index is 12.7. The molecule has 128 valence electrons. The second kappa shape index (κ2) is 8.34. The van der Waals surface area contributed by atoms with Crippen molar-refractivity contribution in [2.24, 2.45) is 0 Å². The number of piperidine rings is 1. The largest absolute Gasteiger partial charge is 0.483 e. The molecule has 1 aromatic carbocycles. The molecule has 1 aliphatic heterocycles. The Hall–Kier alpha value is -1.55. The van der Waals surface area contributed by atoms with Crippen molar-refractivity contribution in [3.8, 4) is 5.75 Å². The van der Waals surface area contributed by atoms with Gasteiger partial charge in [-0.1, -0.05) is 24.6 Å². The molecule has 0 aliphatic carbocycles. The molecule has 0 bridgehead atoms. The summed E-state index contributed by atoms with van der Waals surface area (Å²) in [6.45, 7) is 11.2. The molecule has 1 heterocycles. The fourth-order valence-corrected chi connectivity index (χ4v) is 3.48. The summed E-state index contributed by atoms with van der Waals surface area (Å²) in [6.07, 6.45) is 3.06. The SMILES string of the molecule is CCCN(C(=O)COc1c(C)cc(C)cc1C)C1CCNCC1. The standard InChI is InChI=1S/C19H30N2O2/c1-5-10-21(17-6-8-20-9-7-17)18(22)13-23-19-15(3)11-14(2)12-16(19)4/h11-12,17,20H,5-10,13H2,1-4H3. The van der Waals surface area contributed by atoms with Gasteiger partial charge in [0.25, 0.3) is 5.91 Å². The van der Waals surface area contributed by atoms with Crippen molar-refractivity contribution in [2.75, 3.05) is 26.2 Å². The van der Waals surface area contributed by atoms with E-state index in [1.165, 1.54) is 5.56 Å². The summed E-state index contributed by atoms with van der Waals surface area (Å²) < 4.78 is 5.90. The van der Waals surface area contributed by atoms with E-state index in [-0.39, 0.29) is 12.5 Å². The van der Waals surface area contributed by atoms with Crippen LogP contribution in [-0.2, 0) is 4.79 Å². The van der Waals surface area contributed by atoms with Crippen molar-refractivity contribution in [2.45, 2.75) is 53.0 Å². The minimum absolute atomic E-state index is 0.109. The van der Waals surface area contributed by atoms with Crippen molar-refractivity contribution >= 4 is 5.91 Å². The highest BCUT2D eigenvalue weighted by Crippen LogP contribution is 2.24. The van der Waals surface area contributed by atoms with Gasteiger partial charge in [-0.15, -0.1) is 0 Å². The number of carbonyl (C=O) groups excluding carboxylic acids is 1. The van der Waals surface area contributed by atoms with Gasteiger partial charge in [-0.3, -0.25) is 4.79 Å². The molecule has 0 spiro atoms. The Bertz CT molecular complexity index is 513. The fourth-order valence-electron chi connectivity index (χ4n) is 3.48. The number of nitrogens with one attached hydrogen (secondary N) is 1. The Labute approximate surface area is 140 Å². The number of benzene rings is 1. The van der Waals surface area contributed by atoms with E-state index in [1.807, 2.05) is 18.7 Å². The Morgan fingerprint density at radius 2 is 1.83 bits per heavy atom. The number of aryl methyl sites for hydroxylation is 3. The van der Waals surface area contributed by atoms with Crippen LogP contribution in [0.5, 0.6) is 5.75 Å². The lowest BCUT2D eigenvalue weighted by molar-refractivity contribution is -0.136. The summed E-state index contributed by atoms with van der Waals surface area (Å²) in [5.74, 6) is 0.962. The predicted molar refractivity (Wildman–Crippen MR) is 94.0 cm³/mol. The van der Waals surface area contributed by atoms with Crippen LogP contribution < -0.4 is 10.1 Å². The molecule has 1 fully saturated rings. The molecular formula is C19H30N2O2. The molecule has 0 unspecified atom stereocenters. The normalized spacial score (nSPS) is 15.5. The third kappa shape index (κ3) is 4.71. The third-order valence-electron chi connectivity index (χ3n) is 4.48. The number of rotatable bonds is 6. The molecule has 0 aromatic heterocycles. The summed E-state index contributed by atoms with van der Waals surface area (Å²) >= 11 is 0. The lowest BCUT2D eigenvalue weighted by Gasteiger charge is -2.34. The first-order chi connectivity index (χ1) is 11.0. The molecule has 0 radical (unpaired) electrons. The van der Waals surface area contributed by atoms with E-state index in [0.717, 1.165) is 55.8 Å². The van der Waals surface area contributed by atoms with Gasteiger partial charge >= 0.3 is 0 Å². The summed E-state index contributed by atoms with van der Waals surface area (Å²) in [4.78, 5) is 14.7. The predicted octanol–water partition coefficient (Wildman–Crippen LogP) is 2.98. The molecule has 1 N–H and O–H groups in total. The Balaban J connectivity index is 2.01. The fraction of sp³-hybridized carbons (Fsp3) is 0.632. The van der Waals surface area contributed by atoms with Gasteiger partial charge in [0.1, 0.15) is 5.75 Å². The van der Waals surface area contributed by atoms with Crippen molar-refractivity contribution < 1.29 is 9.53 Å². The van der Waals surface area contributed by atoms with Gasteiger partial charge in [-0.05, 0) is 64.3 Å². The van der Waals surface area contributed by atoms with E-state index in [4.69, 9.17) is 4.74 Å². The van der Waals surface area contributed by atoms with Crippen molar-refractivity contribution in [3.63, 3.8) is 0 Å². The molecule has 4 nitrogen and oxygen atoms in total. The van der Waals surface area contributed by atoms with Gasteiger partial charge in [-0.25, -0.2) is 0 Å². The summed E-state index contributed by atoms with van der Waals surface area (Å²) in [5.41, 5.74) is 3.42. The van der Waals surface area contributed by atoms with Crippen LogP contribution in [0.25, 0.3) is 0 Å². The molecule has 1 aliphatic rings. The molecule has 4 heteroatoms. The zero-order valence-electron chi connectivity index (χ0n) is 14.9. The number of ether oxygens (including phenoxy) is 1. The van der Waals surface area contributed by atoms with E-state index < -0.39 is 0 Å². The number of hydrogen-bond donors (Lipinski definition) is 1. The topological polar surface area (TPSA) is 41.6 Å². The van der Waals surface area contributed by atoms with Crippen LogP contribution in [0.2, 0.25) is 0 Å². The minimum Gasteiger partial charge on any atom is -0.483 e. The first kappa shape index (κ1) is 17.8. The van der Waals surface area contributed by atoms with Crippen molar-refractivity contribution in [1.82, 2.24) is 10.2 Å². The zero-order chi connectivity index (χ0) is 16.8. The van der Waals surface area contributed by atoms with E-state index in [1.54, 1.807) is 0 Å². The second-order valence-electron chi connectivity index (χ2n) is 6.58. The lowest BCUT2D eigenvalue weighted by atomic mass is 10.0. The average molecular weight is 318 g/mol. The maximum Gasteiger partial charge on any atom is 0.260 e. The highest BCUT2D eigenvalue weighted by molar-refractivity contribution is 5.78. The molecule has 0 atom stereocenters. The highest BCUT2D eigenvalue weighted by Gasteiger charge is 2.25. The molecule has 1 saturated heterocycles. The number of nitrogens with zero attached hydrogens (tertiary/aromatic N) is 1. The Morgan fingerprint density at radius 3 is 2.39 bits per heavy atom. The summed E-state index contributed by atoms with van der Waals surface area (Å²) in [5, 5.41) is 3.36. The van der Waals surface area contributed by atoms with Crippen LogP contribution in [0, 0.1) is 20.8 Å². The van der Waals surface area contributed by atoms with Gasteiger partial charge < -0.3 is 15.0 Å². The third-order valence-corrected chi connectivity index (χ3v) is 4.48. The highest BCUT2D eigenvalue weighted by atomic mass is 16.5. The molecule has 0 saturated carbocycles. The van der Waals surface area contributed by atoms with Gasteiger partial charge in [0.2, 0.25) is 0 Å². The van der Waals surface area contributed by atoms with E-state index in [9.17, 15) is 4.79 Å². The van der Waals surface area contributed by atoms with E-state index >= 15 is 0 Å². The van der Waals surface area contributed by atoms with Gasteiger partial charge in [-0.2, -0.15) is 0 Å². The zero-order valence-corrected chi connectivity index (χ0v) is 14.9. The molecule has 1 amide bonds. The number of carbonyl (C=O) groups is 1. The van der Waals surface area contributed by atoms with Crippen LogP contribution in [-0.4, -0.2) is 43.1 Å². The molecule has 1 aromatic rings. The minimum atomic E-state index is 0.109. The second-order valence-corrected chi connectivity index (χ2v) is 6.58. The van der Waals surface area contributed by atoms with Crippen LogP contribution >= 0.6 is 0 Å². The smallest absolute Gasteiger partial charge is 0.260 e. The number of hydrogen-bond acceptors (Lipinski definition) is 3. The maximum atomic E-state index is 12.7. The lowest BCUT2D eigenvalue weighted by Crippen LogP contribution is -2.48. The van der Waals surface area contributed by atoms with E-state index in [2.05, 4.69) is 31.3 Å². The van der Waals surface area contributed by atoms with Gasteiger partial charge in [0, 0.05) is 12.6 Å². The summed E-state index contributed by atoms with van der Waals surface area (Å²) in [6, 6.07) is 4.56. The first-order valence-electron chi connectivity index (χ1n) is 8.73. The molecule has 2 rings (SSSR count). The van der Waals surface area contributed by atoms with Crippen LogP contribution in [0.15, 0.2) is 12.1 Å². The molecule has 23 heavy (non-hydrogen) atoms. The first-order valence-corrected chi connectivity index (χ1v) is 8.73. The van der Waals surface area contributed by atoms with E-state index in [0.29, 0.717) is 6.04 Å². The van der Waals surface area contributed by atoms with Crippen LogP contribution in [0.3, 0.4) is 0 Å². The monoisotopic (exact) mass is 318 g/mol. The van der Waals surface area contributed by atoms with Crippen LogP contribution in [0.1, 0.15) is 42.9 Å². The molecular weight excluding hydrogens is 288 g/mol. The average Bonchev–Trinajstić information content (AvgIpc) is 2.52. The van der Waals surface area contributed by atoms with Gasteiger partial charge in [0.15, 0.2) is 6.61 Å².